The number of nitrogens with zero attached hydrogens (tertiary/aromatic N) is 3. The maximum absolute atomic E-state index is 12.9. The topological polar surface area (TPSA) is 58.2 Å². The minimum absolute atomic E-state index is 0.319. The van der Waals surface area contributed by atoms with E-state index in [1.165, 1.54) is 21.0 Å². The summed E-state index contributed by atoms with van der Waals surface area (Å²) in [5, 5.41) is 0. The summed E-state index contributed by atoms with van der Waals surface area (Å²) in [6.07, 6.45) is 8.83. The van der Waals surface area contributed by atoms with Crippen LogP contribution in [0.4, 0.5) is 0 Å². The summed E-state index contributed by atoms with van der Waals surface area (Å²) < 4.78 is 9.52. The van der Waals surface area contributed by atoms with Crippen LogP contribution in [0.1, 0.15) is 12.3 Å². The van der Waals surface area contributed by atoms with Crippen molar-refractivity contribution in [3.8, 4) is 5.69 Å². The highest BCUT2D eigenvalue weighted by molar-refractivity contribution is 5.35. The van der Waals surface area contributed by atoms with Crippen molar-refractivity contribution < 1.29 is 4.74 Å². The number of rotatable bonds is 2. The Kier molecular flexibility index (Phi) is 3.06. The van der Waals surface area contributed by atoms with Crippen molar-refractivity contribution in [2.75, 3.05) is 7.11 Å². The Morgan fingerprint density at radius 3 is 2.43 bits per heavy atom. The molecule has 2 unspecified atom stereocenters. The molecule has 1 aliphatic heterocycles. The van der Waals surface area contributed by atoms with E-state index in [4.69, 9.17) is 4.74 Å². The molecule has 4 rings (SSSR count). The van der Waals surface area contributed by atoms with E-state index < -0.39 is 11.9 Å². The van der Waals surface area contributed by atoms with Crippen LogP contribution in [0.15, 0.2) is 75.9 Å². The smallest absolute Gasteiger partial charge is 0.354 e. The number of methoxy groups -OCH3 is 1. The third kappa shape index (κ3) is 1.85. The minimum Gasteiger partial charge on any atom is -0.355 e. The quantitative estimate of drug-likeness (QED) is 0.846. The second-order valence-electron chi connectivity index (χ2n) is 5.39. The van der Waals surface area contributed by atoms with Gasteiger partial charge in [0.1, 0.15) is 0 Å². The van der Waals surface area contributed by atoms with Gasteiger partial charge in [-0.2, -0.15) is 4.68 Å². The molecule has 0 N–H and O–H groups in total. The van der Waals surface area contributed by atoms with Crippen molar-refractivity contribution in [3.05, 3.63) is 87.3 Å². The molecule has 0 saturated heterocycles. The van der Waals surface area contributed by atoms with Crippen molar-refractivity contribution >= 4 is 0 Å². The molecule has 116 valence electrons. The SMILES string of the molecule is COC1C2=CC=CC=CC2n2c(=O)n(-c3ccccc3)c(=O)n21. The van der Waals surface area contributed by atoms with Crippen LogP contribution < -0.4 is 11.4 Å². The van der Waals surface area contributed by atoms with Crippen LogP contribution in [0.3, 0.4) is 0 Å². The molecule has 0 fully saturated rings. The molecule has 0 spiro atoms. The van der Waals surface area contributed by atoms with Gasteiger partial charge in [0.15, 0.2) is 6.23 Å². The lowest BCUT2D eigenvalue weighted by Crippen LogP contribution is -2.30. The highest BCUT2D eigenvalue weighted by atomic mass is 16.5. The zero-order valence-corrected chi connectivity index (χ0v) is 12.5. The van der Waals surface area contributed by atoms with Gasteiger partial charge in [0, 0.05) is 12.7 Å². The summed E-state index contributed by atoms with van der Waals surface area (Å²) >= 11 is 0. The Morgan fingerprint density at radius 1 is 0.957 bits per heavy atom. The fourth-order valence-corrected chi connectivity index (χ4v) is 3.17. The molecule has 2 heterocycles. The molecule has 2 atom stereocenters. The van der Waals surface area contributed by atoms with Gasteiger partial charge in [-0.3, -0.25) is 0 Å². The van der Waals surface area contributed by atoms with Crippen molar-refractivity contribution in [3.63, 3.8) is 0 Å². The molecule has 0 amide bonds. The van der Waals surface area contributed by atoms with E-state index >= 15 is 0 Å². The van der Waals surface area contributed by atoms with Gasteiger partial charge in [-0.25, -0.2) is 18.8 Å². The summed E-state index contributed by atoms with van der Waals surface area (Å²) in [4.78, 5) is 25.7. The van der Waals surface area contributed by atoms with Gasteiger partial charge in [0.05, 0.1) is 11.7 Å². The Hall–Kier alpha value is -2.86. The number of aromatic nitrogens is 3. The molecule has 2 aromatic rings. The van der Waals surface area contributed by atoms with Crippen molar-refractivity contribution in [1.82, 2.24) is 13.9 Å². The number of para-hydroxylation sites is 1. The molecular formula is C17H15N3O3. The lowest BCUT2D eigenvalue weighted by atomic mass is 10.1. The second-order valence-corrected chi connectivity index (χ2v) is 5.39. The molecular weight excluding hydrogens is 294 g/mol. The Labute approximate surface area is 131 Å². The fraction of sp³-hybridized carbons (Fsp3) is 0.176. The summed E-state index contributed by atoms with van der Waals surface area (Å²) in [7, 11) is 1.54. The Balaban J connectivity index is 2.02. The van der Waals surface area contributed by atoms with Crippen molar-refractivity contribution in [2.24, 2.45) is 0 Å². The molecule has 6 nitrogen and oxygen atoms in total. The second kappa shape index (κ2) is 5.10. The maximum Gasteiger partial charge on any atom is 0.354 e. The molecule has 0 radical (unpaired) electrons. The highest BCUT2D eigenvalue weighted by Crippen LogP contribution is 2.36. The molecule has 2 aliphatic rings. The van der Waals surface area contributed by atoms with Crippen LogP contribution in [-0.4, -0.2) is 21.0 Å². The number of fused-ring (bicyclic) bond motifs is 3. The normalized spacial score (nSPS) is 21.7. The van der Waals surface area contributed by atoms with E-state index in [1.807, 2.05) is 36.4 Å². The van der Waals surface area contributed by atoms with E-state index in [0.717, 1.165) is 5.57 Å². The summed E-state index contributed by atoms with van der Waals surface area (Å²) in [6, 6.07) is 8.59. The third-order valence-electron chi connectivity index (χ3n) is 4.16. The van der Waals surface area contributed by atoms with Crippen LogP contribution in [0.2, 0.25) is 0 Å². The average Bonchev–Trinajstić information content (AvgIpc) is 2.88. The first-order valence-corrected chi connectivity index (χ1v) is 7.33. The van der Waals surface area contributed by atoms with E-state index in [0.29, 0.717) is 5.69 Å². The largest absolute Gasteiger partial charge is 0.355 e. The maximum atomic E-state index is 12.9. The van der Waals surface area contributed by atoms with Gasteiger partial charge in [-0.05, 0) is 12.1 Å². The first-order chi connectivity index (χ1) is 11.2. The average molecular weight is 309 g/mol. The van der Waals surface area contributed by atoms with Gasteiger partial charge in [-0.1, -0.05) is 48.6 Å². The molecule has 6 heteroatoms. The molecule has 1 aromatic carbocycles. The molecule has 1 aliphatic carbocycles. The number of allylic oxidation sites excluding steroid dienone is 5. The fourth-order valence-electron chi connectivity index (χ4n) is 3.17. The predicted molar refractivity (Wildman–Crippen MR) is 85.7 cm³/mol. The lowest BCUT2D eigenvalue weighted by molar-refractivity contribution is 0.0708. The van der Waals surface area contributed by atoms with Crippen LogP contribution in [0.5, 0.6) is 0 Å². The van der Waals surface area contributed by atoms with Crippen LogP contribution in [0, 0.1) is 0 Å². The molecule has 0 saturated carbocycles. The minimum atomic E-state index is -0.586. The summed E-state index contributed by atoms with van der Waals surface area (Å²) in [6.45, 7) is 0. The van der Waals surface area contributed by atoms with Gasteiger partial charge < -0.3 is 4.74 Å². The molecule has 23 heavy (non-hydrogen) atoms. The number of hydrogen-bond acceptors (Lipinski definition) is 3. The molecule has 0 bridgehead atoms. The van der Waals surface area contributed by atoms with E-state index in [9.17, 15) is 9.59 Å². The van der Waals surface area contributed by atoms with Crippen LogP contribution >= 0.6 is 0 Å². The van der Waals surface area contributed by atoms with Crippen LogP contribution in [-0.2, 0) is 4.74 Å². The van der Waals surface area contributed by atoms with Gasteiger partial charge in [0.25, 0.3) is 0 Å². The van der Waals surface area contributed by atoms with Crippen molar-refractivity contribution in [2.45, 2.75) is 12.3 Å². The Morgan fingerprint density at radius 2 is 1.70 bits per heavy atom. The summed E-state index contributed by atoms with van der Waals surface area (Å²) in [5.74, 6) is 0. The third-order valence-corrected chi connectivity index (χ3v) is 4.16. The van der Waals surface area contributed by atoms with Gasteiger partial charge >= 0.3 is 11.4 Å². The number of hydrogen-bond donors (Lipinski definition) is 0. The highest BCUT2D eigenvalue weighted by Gasteiger charge is 2.39. The monoisotopic (exact) mass is 309 g/mol. The predicted octanol–water partition coefficient (Wildman–Crippen LogP) is 1.55. The zero-order valence-electron chi connectivity index (χ0n) is 12.5. The van der Waals surface area contributed by atoms with E-state index in [1.54, 1.807) is 24.3 Å². The standard InChI is InChI=1S/C17H15N3O3/c1-23-15-13-10-6-3-7-11-14(13)19-16(21)18(17(22)20(15)19)12-8-4-2-5-9-12/h2-11,14-15H,1H3. The van der Waals surface area contributed by atoms with Crippen LogP contribution in [0.25, 0.3) is 5.69 Å². The summed E-state index contributed by atoms with van der Waals surface area (Å²) in [5.41, 5.74) is 0.641. The van der Waals surface area contributed by atoms with Gasteiger partial charge in [0.2, 0.25) is 0 Å². The molecule has 1 aromatic heterocycles. The van der Waals surface area contributed by atoms with E-state index in [-0.39, 0.29) is 11.7 Å². The lowest BCUT2D eigenvalue weighted by Gasteiger charge is -2.12. The first-order valence-electron chi connectivity index (χ1n) is 7.33. The number of benzene rings is 1. The van der Waals surface area contributed by atoms with E-state index in [2.05, 4.69) is 0 Å². The first kappa shape index (κ1) is 13.8. The van der Waals surface area contributed by atoms with Crippen molar-refractivity contribution in [1.29, 1.82) is 0 Å². The van der Waals surface area contributed by atoms with Gasteiger partial charge in [-0.15, -0.1) is 0 Å². The zero-order chi connectivity index (χ0) is 16.0. The number of ether oxygens (including phenoxy) is 1. The Bertz CT molecular complexity index is 957.